The maximum Gasteiger partial charge on any atom is 0.302 e. The van der Waals surface area contributed by atoms with Crippen LogP contribution in [0, 0.1) is 28.6 Å². The molecule has 2 fully saturated rings. The van der Waals surface area contributed by atoms with Gasteiger partial charge in [-0.1, -0.05) is 26.3 Å². The van der Waals surface area contributed by atoms with Crippen LogP contribution < -0.4 is 0 Å². The number of ether oxygens (including phenoxy) is 2. The van der Waals surface area contributed by atoms with E-state index in [2.05, 4.69) is 13.8 Å². The minimum atomic E-state index is -1.14. The lowest BCUT2D eigenvalue weighted by Crippen LogP contribution is -2.64. The number of fused-ring (bicyclic) bond motifs is 3. The fraction of sp³-hybridized carbons (Fsp3) is 0.792. The van der Waals surface area contributed by atoms with Crippen LogP contribution in [0.3, 0.4) is 0 Å². The lowest BCUT2D eigenvalue weighted by molar-refractivity contribution is -0.199. The van der Waals surface area contributed by atoms with Crippen LogP contribution in [0.15, 0.2) is 11.6 Å². The highest BCUT2D eigenvalue weighted by molar-refractivity contribution is 5.95. The summed E-state index contributed by atoms with van der Waals surface area (Å²) in [6.45, 7) is 11.2. The first-order valence-corrected chi connectivity index (χ1v) is 11.1. The number of aliphatic hydroxyl groups is 1. The van der Waals surface area contributed by atoms with Crippen LogP contribution in [0.25, 0.3) is 0 Å². The standard InChI is InChI=1S/C24H36O6/c1-14-7-8-17-18(22(14,4)11-12-29-15(2)25)13-19(27)21-23(5,28)10-9-20(24(17,21)6)30-16(3)26/h13-14,17,20-21,28H,7-12H2,1-6H3/t14-,17+,20+,21-,22+,23+,24+/m1/s1. The molecular weight excluding hydrogens is 384 g/mol. The lowest BCUT2D eigenvalue weighted by atomic mass is 9.44. The van der Waals surface area contributed by atoms with Crippen molar-refractivity contribution in [2.24, 2.45) is 28.6 Å². The van der Waals surface area contributed by atoms with Gasteiger partial charge >= 0.3 is 11.9 Å². The van der Waals surface area contributed by atoms with E-state index in [-0.39, 0.29) is 29.1 Å². The monoisotopic (exact) mass is 420 g/mol. The molecule has 0 saturated heterocycles. The summed E-state index contributed by atoms with van der Waals surface area (Å²) in [4.78, 5) is 36.6. The first-order chi connectivity index (χ1) is 13.8. The minimum Gasteiger partial charge on any atom is -0.466 e. The van der Waals surface area contributed by atoms with E-state index >= 15 is 0 Å². The van der Waals surface area contributed by atoms with Crippen LogP contribution in [0.2, 0.25) is 0 Å². The van der Waals surface area contributed by atoms with Gasteiger partial charge in [0.2, 0.25) is 0 Å². The normalized spacial score (nSPS) is 43.2. The van der Waals surface area contributed by atoms with E-state index in [1.54, 1.807) is 13.0 Å². The summed E-state index contributed by atoms with van der Waals surface area (Å²) < 4.78 is 11.0. The Morgan fingerprint density at radius 3 is 2.40 bits per heavy atom. The van der Waals surface area contributed by atoms with E-state index in [0.717, 1.165) is 18.4 Å². The molecule has 7 atom stereocenters. The Bertz CT molecular complexity index is 768. The Balaban J connectivity index is 2.07. The highest BCUT2D eigenvalue weighted by Gasteiger charge is 2.65. The molecule has 0 aromatic carbocycles. The quantitative estimate of drug-likeness (QED) is 0.699. The number of hydrogen-bond donors (Lipinski definition) is 1. The van der Waals surface area contributed by atoms with Crippen molar-refractivity contribution in [2.45, 2.75) is 85.4 Å². The van der Waals surface area contributed by atoms with Crippen molar-refractivity contribution in [3.8, 4) is 0 Å². The second-order valence-corrected chi connectivity index (χ2v) is 10.3. The van der Waals surface area contributed by atoms with Gasteiger partial charge in [-0.2, -0.15) is 0 Å². The Labute approximate surface area is 179 Å². The van der Waals surface area contributed by atoms with E-state index < -0.39 is 23.0 Å². The summed E-state index contributed by atoms with van der Waals surface area (Å²) in [7, 11) is 0. The van der Waals surface area contributed by atoms with E-state index in [1.807, 2.05) is 6.92 Å². The van der Waals surface area contributed by atoms with Gasteiger partial charge in [-0.05, 0) is 62.4 Å². The molecule has 1 N–H and O–H groups in total. The van der Waals surface area contributed by atoms with Crippen LogP contribution in [0.5, 0.6) is 0 Å². The molecular formula is C24H36O6. The molecule has 0 aromatic rings. The highest BCUT2D eigenvalue weighted by Crippen LogP contribution is 2.64. The van der Waals surface area contributed by atoms with Crippen molar-refractivity contribution in [3.05, 3.63) is 11.6 Å². The maximum atomic E-state index is 13.4. The predicted octanol–water partition coefficient (Wildman–Crippen LogP) is 3.60. The fourth-order valence-electron chi connectivity index (χ4n) is 6.68. The van der Waals surface area contributed by atoms with Crippen LogP contribution in [-0.2, 0) is 23.9 Å². The SMILES string of the molecule is CC(=O)OCC[C@]1(C)C2=CC(=O)[C@H]3[C@](C)([C@@H](OC(C)=O)CC[C@]3(C)O)[C@H]2CC[C@H]1C. The number of hydrogen-bond acceptors (Lipinski definition) is 6. The average molecular weight is 421 g/mol. The van der Waals surface area contributed by atoms with E-state index in [4.69, 9.17) is 9.47 Å². The van der Waals surface area contributed by atoms with Gasteiger partial charge in [0.15, 0.2) is 5.78 Å². The zero-order chi connectivity index (χ0) is 22.5. The van der Waals surface area contributed by atoms with Crippen LogP contribution in [0.1, 0.15) is 73.6 Å². The Hall–Kier alpha value is -1.69. The minimum absolute atomic E-state index is 0.0230. The van der Waals surface area contributed by atoms with Gasteiger partial charge < -0.3 is 14.6 Å². The first kappa shape index (κ1) is 23.0. The molecule has 2 saturated carbocycles. The topological polar surface area (TPSA) is 89.9 Å². The largest absolute Gasteiger partial charge is 0.466 e. The molecule has 0 bridgehead atoms. The van der Waals surface area contributed by atoms with Gasteiger partial charge in [-0.15, -0.1) is 0 Å². The van der Waals surface area contributed by atoms with Crippen molar-refractivity contribution in [1.29, 1.82) is 0 Å². The zero-order valence-corrected chi connectivity index (χ0v) is 19.1. The van der Waals surface area contributed by atoms with E-state index in [1.165, 1.54) is 13.8 Å². The fourth-order valence-corrected chi connectivity index (χ4v) is 6.68. The zero-order valence-electron chi connectivity index (χ0n) is 19.1. The smallest absolute Gasteiger partial charge is 0.302 e. The Morgan fingerprint density at radius 2 is 1.80 bits per heavy atom. The van der Waals surface area contributed by atoms with Crippen LogP contribution in [0.4, 0.5) is 0 Å². The van der Waals surface area contributed by atoms with Crippen molar-refractivity contribution in [2.75, 3.05) is 6.61 Å². The highest BCUT2D eigenvalue weighted by atomic mass is 16.5. The van der Waals surface area contributed by atoms with Crippen molar-refractivity contribution in [1.82, 2.24) is 0 Å². The van der Waals surface area contributed by atoms with Gasteiger partial charge in [0.1, 0.15) is 6.10 Å². The summed E-state index contributed by atoms with van der Waals surface area (Å²) in [5, 5.41) is 11.2. The number of allylic oxidation sites excluding steroid dienone is 2. The molecule has 6 nitrogen and oxygen atoms in total. The summed E-state index contributed by atoms with van der Waals surface area (Å²) in [6.07, 6.45) is 4.78. The predicted molar refractivity (Wildman–Crippen MR) is 111 cm³/mol. The number of carbonyl (C=O) groups is 3. The summed E-state index contributed by atoms with van der Waals surface area (Å²) in [6, 6.07) is 0. The Kier molecular flexibility index (Phi) is 5.96. The van der Waals surface area contributed by atoms with Gasteiger partial charge in [0.05, 0.1) is 18.1 Å². The molecule has 0 radical (unpaired) electrons. The first-order valence-electron chi connectivity index (χ1n) is 11.1. The number of rotatable bonds is 4. The van der Waals surface area contributed by atoms with Gasteiger partial charge in [0.25, 0.3) is 0 Å². The molecule has 30 heavy (non-hydrogen) atoms. The molecule has 3 aliphatic rings. The molecule has 0 aromatic heterocycles. The molecule has 0 amide bonds. The van der Waals surface area contributed by atoms with Gasteiger partial charge in [-0.3, -0.25) is 14.4 Å². The molecule has 3 rings (SSSR count). The number of carbonyl (C=O) groups excluding carboxylic acids is 3. The van der Waals surface area contributed by atoms with Crippen LogP contribution in [-0.4, -0.2) is 41.1 Å². The molecule has 0 unspecified atom stereocenters. The van der Waals surface area contributed by atoms with Crippen molar-refractivity contribution >= 4 is 17.7 Å². The van der Waals surface area contributed by atoms with Crippen LogP contribution >= 0.6 is 0 Å². The molecule has 0 heterocycles. The number of ketones is 1. The maximum absolute atomic E-state index is 13.4. The second kappa shape index (κ2) is 7.77. The third kappa shape index (κ3) is 3.61. The van der Waals surface area contributed by atoms with Crippen molar-refractivity contribution in [3.63, 3.8) is 0 Å². The summed E-state index contributed by atoms with van der Waals surface area (Å²) in [5.41, 5.74) is -1.04. The second-order valence-electron chi connectivity index (χ2n) is 10.3. The molecule has 6 heteroatoms. The van der Waals surface area contributed by atoms with Gasteiger partial charge in [0, 0.05) is 19.3 Å². The summed E-state index contributed by atoms with van der Waals surface area (Å²) in [5.74, 6) is -1.01. The molecule has 168 valence electrons. The Morgan fingerprint density at radius 1 is 1.13 bits per heavy atom. The molecule has 0 spiro atoms. The molecule has 0 aliphatic heterocycles. The third-order valence-corrected chi connectivity index (χ3v) is 8.43. The third-order valence-electron chi connectivity index (χ3n) is 8.43. The lowest BCUT2D eigenvalue weighted by Gasteiger charge is -2.61. The molecule has 3 aliphatic carbocycles. The average Bonchev–Trinajstić information content (AvgIpc) is 2.60. The van der Waals surface area contributed by atoms with Gasteiger partial charge in [-0.25, -0.2) is 0 Å². The van der Waals surface area contributed by atoms with E-state index in [0.29, 0.717) is 31.8 Å². The van der Waals surface area contributed by atoms with Crippen molar-refractivity contribution < 1.29 is 29.0 Å². The summed E-state index contributed by atoms with van der Waals surface area (Å²) >= 11 is 0. The van der Waals surface area contributed by atoms with E-state index in [9.17, 15) is 19.5 Å². The number of esters is 2.